The molecule has 3 heteroatoms. The van der Waals surface area contributed by atoms with Crippen molar-refractivity contribution < 1.29 is 4.39 Å². The number of para-hydroxylation sites is 1. The molecule has 3 rings (SSSR count). The molecule has 2 nitrogen and oxygen atoms in total. The van der Waals surface area contributed by atoms with Crippen LogP contribution < -0.4 is 10.6 Å². The first kappa shape index (κ1) is 14.1. The van der Waals surface area contributed by atoms with Gasteiger partial charge in [-0.15, -0.1) is 0 Å². The molecule has 0 radical (unpaired) electrons. The molecule has 0 aromatic heterocycles. The fourth-order valence-electron chi connectivity index (χ4n) is 3.17. The van der Waals surface area contributed by atoms with Gasteiger partial charge >= 0.3 is 0 Å². The molecule has 1 atom stereocenters. The summed E-state index contributed by atoms with van der Waals surface area (Å²) in [6.45, 7) is 1.52. The Morgan fingerprint density at radius 2 is 1.81 bits per heavy atom. The van der Waals surface area contributed by atoms with Crippen LogP contribution in [-0.4, -0.2) is 13.1 Å². The van der Waals surface area contributed by atoms with Crippen molar-refractivity contribution in [2.75, 3.05) is 18.0 Å². The van der Waals surface area contributed by atoms with Crippen molar-refractivity contribution >= 4 is 5.69 Å². The van der Waals surface area contributed by atoms with Crippen LogP contribution in [0.25, 0.3) is 0 Å². The number of hydrogen-bond acceptors (Lipinski definition) is 2. The van der Waals surface area contributed by atoms with Crippen molar-refractivity contribution in [3.63, 3.8) is 0 Å². The Labute approximate surface area is 125 Å². The van der Waals surface area contributed by atoms with Gasteiger partial charge in [0.05, 0.1) is 6.04 Å². The van der Waals surface area contributed by atoms with Crippen LogP contribution in [0.2, 0.25) is 0 Å². The van der Waals surface area contributed by atoms with E-state index in [-0.39, 0.29) is 11.9 Å². The van der Waals surface area contributed by atoms with E-state index in [1.54, 1.807) is 0 Å². The largest absolute Gasteiger partial charge is 0.363 e. The lowest BCUT2D eigenvalue weighted by molar-refractivity contribution is 0.603. The molecular weight excluding hydrogens is 263 g/mol. The Hall–Kier alpha value is -1.87. The molecule has 110 valence electrons. The molecule has 2 aromatic carbocycles. The zero-order valence-corrected chi connectivity index (χ0v) is 12.1. The van der Waals surface area contributed by atoms with Gasteiger partial charge in [-0.3, -0.25) is 0 Å². The lowest BCUT2D eigenvalue weighted by atomic mass is 10.0. The van der Waals surface area contributed by atoms with Gasteiger partial charge < -0.3 is 10.6 Å². The number of benzene rings is 2. The van der Waals surface area contributed by atoms with Gasteiger partial charge in [0.2, 0.25) is 0 Å². The van der Waals surface area contributed by atoms with Crippen molar-refractivity contribution in [2.24, 2.45) is 5.73 Å². The normalized spacial score (nSPS) is 16.2. The fourth-order valence-corrected chi connectivity index (χ4v) is 3.17. The smallest absolute Gasteiger partial charge is 0.123 e. The molecule has 1 aliphatic heterocycles. The van der Waals surface area contributed by atoms with Gasteiger partial charge in [-0.1, -0.05) is 30.3 Å². The highest BCUT2D eigenvalue weighted by Gasteiger charge is 2.23. The van der Waals surface area contributed by atoms with E-state index in [9.17, 15) is 4.39 Å². The van der Waals surface area contributed by atoms with Crippen LogP contribution in [0.4, 0.5) is 10.1 Å². The number of anilines is 1. The van der Waals surface area contributed by atoms with Crippen LogP contribution in [0.1, 0.15) is 30.0 Å². The van der Waals surface area contributed by atoms with Crippen molar-refractivity contribution in [1.82, 2.24) is 0 Å². The van der Waals surface area contributed by atoms with Crippen LogP contribution in [0, 0.1) is 5.82 Å². The molecule has 21 heavy (non-hydrogen) atoms. The summed E-state index contributed by atoms with van der Waals surface area (Å²) >= 11 is 0. The average Bonchev–Trinajstić information content (AvgIpc) is 2.73. The summed E-state index contributed by atoms with van der Waals surface area (Å²) in [6, 6.07) is 15.4. The quantitative estimate of drug-likeness (QED) is 0.932. The molecule has 0 saturated heterocycles. The molecular formula is C18H21FN2. The first-order valence-electron chi connectivity index (χ1n) is 7.59. The van der Waals surface area contributed by atoms with Gasteiger partial charge in [0.1, 0.15) is 5.82 Å². The van der Waals surface area contributed by atoms with Crippen LogP contribution in [-0.2, 0) is 6.42 Å². The van der Waals surface area contributed by atoms with E-state index in [0.29, 0.717) is 6.54 Å². The minimum atomic E-state index is -0.203. The summed E-state index contributed by atoms with van der Waals surface area (Å²) in [7, 11) is 0. The zero-order chi connectivity index (χ0) is 14.7. The topological polar surface area (TPSA) is 29.3 Å². The molecule has 1 unspecified atom stereocenters. The van der Waals surface area contributed by atoms with Crippen molar-refractivity contribution in [1.29, 1.82) is 0 Å². The first-order chi connectivity index (χ1) is 10.3. The molecule has 0 aliphatic carbocycles. The van der Waals surface area contributed by atoms with E-state index in [1.807, 2.05) is 12.1 Å². The second kappa shape index (κ2) is 6.27. The molecule has 0 amide bonds. The van der Waals surface area contributed by atoms with E-state index in [2.05, 4.69) is 29.2 Å². The van der Waals surface area contributed by atoms with Gasteiger partial charge in [0, 0.05) is 18.8 Å². The molecule has 0 spiro atoms. The van der Waals surface area contributed by atoms with Crippen LogP contribution in [0.5, 0.6) is 0 Å². The number of nitrogens with zero attached hydrogens (tertiary/aromatic N) is 1. The van der Waals surface area contributed by atoms with Gasteiger partial charge in [0.25, 0.3) is 0 Å². The number of hydrogen-bond donors (Lipinski definition) is 1. The highest BCUT2D eigenvalue weighted by molar-refractivity contribution is 5.56. The SMILES string of the molecule is NCC(c1ccc(F)cc1)N1CCCCc2ccccc21. The number of aryl methyl sites for hydroxylation is 1. The van der Waals surface area contributed by atoms with Crippen molar-refractivity contribution in [2.45, 2.75) is 25.3 Å². The van der Waals surface area contributed by atoms with Crippen LogP contribution in [0.15, 0.2) is 48.5 Å². The fraction of sp³-hybridized carbons (Fsp3) is 0.333. The Balaban J connectivity index is 1.98. The number of fused-ring (bicyclic) bond motifs is 1. The van der Waals surface area contributed by atoms with Gasteiger partial charge in [-0.25, -0.2) is 4.39 Å². The Kier molecular flexibility index (Phi) is 4.20. The number of halogens is 1. The lowest BCUT2D eigenvalue weighted by Crippen LogP contribution is -2.34. The van der Waals surface area contributed by atoms with E-state index < -0.39 is 0 Å². The Bertz CT molecular complexity index is 594. The molecule has 1 aliphatic rings. The van der Waals surface area contributed by atoms with E-state index in [0.717, 1.165) is 24.9 Å². The summed E-state index contributed by atoms with van der Waals surface area (Å²) in [5.74, 6) is -0.203. The minimum absolute atomic E-state index is 0.102. The summed E-state index contributed by atoms with van der Waals surface area (Å²) in [5.41, 5.74) is 9.78. The van der Waals surface area contributed by atoms with E-state index in [1.165, 1.54) is 29.8 Å². The second-order valence-electron chi connectivity index (χ2n) is 5.58. The molecule has 2 aromatic rings. The second-order valence-corrected chi connectivity index (χ2v) is 5.58. The maximum Gasteiger partial charge on any atom is 0.123 e. The molecule has 0 bridgehead atoms. The number of nitrogens with two attached hydrogens (primary N) is 1. The molecule has 0 saturated carbocycles. The number of rotatable bonds is 3. The van der Waals surface area contributed by atoms with E-state index >= 15 is 0 Å². The summed E-state index contributed by atoms with van der Waals surface area (Å²) < 4.78 is 13.2. The summed E-state index contributed by atoms with van der Waals surface area (Å²) in [6.07, 6.45) is 3.48. The third kappa shape index (κ3) is 2.93. The molecule has 2 N–H and O–H groups in total. The molecule has 0 fully saturated rings. The monoisotopic (exact) mass is 284 g/mol. The van der Waals surface area contributed by atoms with Crippen molar-refractivity contribution in [3.8, 4) is 0 Å². The summed E-state index contributed by atoms with van der Waals surface area (Å²) in [5, 5.41) is 0. The first-order valence-corrected chi connectivity index (χ1v) is 7.59. The Morgan fingerprint density at radius 1 is 1.05 bits per heavy atom. The maximum atomic E-state index is 13.2. The average molecular weight is 284 g/mol. The lowest BCUT2D eigenvalue weighted by Gasteiger charge is -2.33. The third-order valence-corrected chi connectivity index (χ3v) is 4.25. The predicted molar refractivity (Wildman–Crippen MR) is 84.9 cm³/mol. The third-order valence-electron chi connectivity index (χ3n) is 4.25. The van der Waals surface area contributed by atoms with Crippen LogP contribution >= 0.6 is 0 Å². The van der Waals surface area contributed by atoms with Gasteiger partial charge in [-0.2, -0.15) is 0 Å². The highest BCUT2D eigenvalue weighted by Crippen LogP contribution is 2.33. The van der Waals surface area contributed by atoms with Gasteiger partial charge in [0.15, 0.2) is 0 Å². The van der Waals surface area contributed by atoms with Gasteiger partial charge in [-0.05, 0) is 48.6 Å². The van der Waals surface area contributed by atoms with Crippen LogP contribution in [0.3, 0.4) is 0 Å². The standard InChI is InChI=1S/C18H21FN2/c19-16-10-8-15(9-11-16)18(13-20)21-12-4-3-6-14-5-1-2-7-17(14)21/h1-2,5,7-11,18H,3-4,6,12-13,20H2. The summed E-state index contributed by atoms with van der Waals surface area (Å²) in [4.78, 5) is 2.38. The maximum absolute atomic E-state index is 13.2. The molecule has 1 heterocycles. The highest BCUT2D eigenvalue weighted by atomic mass is 19.1. The zero-order valence-electron chi connectivity index (χ0n) is 12.1. The predicted octanol–water partition coefficient (Wildman–Crippen LogP) is 3.67. The van der Waals surface area contributed by atoms with E-state index in [4.69, 9.17) is 5.73 Å². The van der Waals surface area contributed by atoms with Crippen molar-refractivity contribution in [3.05, 3.63) is 65.5 Å². The Morgan fingerprint density at radius 3 is 2.57 bits per heavy atom. The minimum Gasteiger partial charge on any atom is -0.363 e.